The Morgan fingerprint density at radius 3 is 2.25 bits per heavy atom. The number of carbonyl (C=O) groups is 2. The average molecular weight is 624 g/mol. The lowest BCUT2D eigenvalue weighted by molar-refractivity contribution is 0.0962. The number of hydrogen-bond donors (Lipinski definition) is 5. The van der Waals surface area contributed by atoms with Crippen molar-refractivity contribution in [3.63, 3.8) is 0 Å². The molecule has 3 aromatic rings. The first kappa shape index (κ1) is 33.0. The number of aliphatic hydroxyl groups excluding tert-OH is 2. The van der Waals surface area contributed by atoms with Crippen LogP contribution in [0.5, 0.6) is 0 Å². The fraction of sp³-hybridized carbons (Fsp3) is 0.394. The first-order chi connectivity index (χ1) is 21.1. The van der Waals surface area contributed by atoms with Gasteiger partial charge >= 0.3 is 6.09 Å². The van der Waals surface area contributed by atoms with Crippen molar-refractivity contribution in [3.8, 4) is 11.1 Å². The summed E-state index contributed by atoms with van der Waals surface area (Å²) in [6.45, 7) is -0.0383. The van der Waals surface area contributed by atoms with E-state index in [1.807, 2.05) is 36.4 Å². The molecule has 1 aliphatic carbocycles. The van der Waals surface area contributed by atoms with Gasteiger partial charge in [-0.1, -0.05) is 61.4 Å². The molecule has 0 radical (unpaired) electrons. The van der Waals surface area contributed by atoms with Crippen molar-refractivity contribution in [2.45, 2.75) is 57.0 Å². The van der Waals surface area contributed by atoms with Crippen molar-refractivity contribution in [2.75, 3.05) is 31.2 Å². The number of aliphatic hydroxyl groups is 2. The summed E-state index contributed by atoms with van der Waals surface area (Å²) in [5.74, 6) is -0.799. The number of anilines is 1. The highest BCUT2D eigenvalue weighted by atomic mass is 32.2. The number of sulfonamides is 1. The zero-order valence-corrected chi connectivity index (χ0v) is 25.5. The second-order valence-electron chi connectivity index (χ2n) is 11.3. The van der Waals surface area contributed by atoms with E-state index in [-0.39, 0.29) is 37.8 Å². The van der Waals surface area contributed by atoms with Gasteiger partial charge in [0, 0.05) is 24.4 Å². The van der Waals surface area contributed by atoms with Crippen LogP contribution in [0.2, 0.25) is 0 Å². The molecule has 1 fully saturated rings. The second-order valence-corrected chi connectivity index (χ2v) is 13.2. The first-order valence-electron chi connectivity index (χ1n) is 15.0. The number of benzene rings is 3. The number of nitrogens with two attached hydrogens (primary N) is 1. The summed E-state index contributed by atoms with van der Waals surface area (Å²) in [5.41, 5.74) is 11.0. The number of nitrogens with one attached hydrogen (secondary N) is 1. The summed E-state index contributed by atoms with van der Waals surface area (Å²) >= 11 is 0. The normalized spacial score (nSPS) is 14.3. The Morgan fingerprint density at radius 1 is 0.955 bits per heavy atom. The monoisotopic (exact) mass is 623 g/mol. The van der Waals surface area contributed by atoms with E-state index < -0.39 is 28.1 Å². The number of hydrogen-bond acceptors (Lipinski definition) is 7. The van der Waals surface area contributed by atoms with Gasteiger partial charge in [-0.25, -0.2) is 17.9 Å². The fourth-order valence-electron chi connectivity index (χ4n) is 5.66. The molecule has 0 spiro atoms. The summed E-state index contributed by atoms with van der Waals surface area (Å²) in [4.78, 5) is 26.0. The molecule has 0 aromatic heterocycles. The number of nitrogens with zero attached hydrogens (tertiary/aromatic N) is 1. The van der Waals surface area contributed by atoms with Gasteiger partial charge in [-0.3, -0.25) is 4.79 Å². The molecule has 1 saturated carbocycles. The predicted molar refractivity (Wildman–Crippen MR) is 170 cm³/mol. The van der Waals surface area contributed by atoms with E-state index in [1.54, 1.807) is 30.3 Å². The van der Waals surface area contributed by atoms with Crippen molar-refractivity contribution < 1.29 is 33.3 Å². The van der Waals surface area contributed by atoms with Crippen LogP contribution in [0.15, 0.2) is 66.7 Å². The van der Waals surface area contributed by atoms with Gasteiger partial charge in [0.2, 0.25) is 10.0 Å². The van der Waals surface area contributed by atoms with Gasteiger partial charge in [-0.15, -0.1) is 0 Å². The third-order valence-corrected chi connectivity index (χ3v) is 9.40. The summed E-state index contributed by atoms with van der Waals surface area (Å²) in [5, 5.41) is 29.1. The number of rotatable bonds is 14. The molecule has 236 valence electrons. The van der Waals surface area contributed by atoms with E-state index in [0.29, 0.717) is 29.7 Å². The van der Waals surface area contributed by atoms with Gasteiger partial charge in [-0.2, -0.15) is 0 Å². The molecule has 0 bridgehead atoms. The van der Waals surface area contributed by atoms with Gasteiger partial charge in [0.15, 0.2) is 0 Å². The van der Waals surface area contributed by atoms with Gasteiger partial charge in [0.25, 0.3) is 5.91 Å². The molecule has 1 atom stereocenters. The molecular weight excluding hydrogens is 582 g/mol. The van der Waals surface area contributed by atoms with Crippen LogP contribution in [-0.4, -0.2) is 66.1 Å². The van der Waals surface area contributed by atoms with Crippen molar-refractivity contribution in [1.29, 1.82) is 0 Å². The van der Waals surface area contributed by atoms with E-state index in [4.69, 9.17) is 10.8 Å². The molecule has 3 aromatic carbocycles. The zero-order chi connectivity index (χ0) is 31.7. The van der Waals surface area contributed by atoms with Crippen molar-refractivity contribution in [1.82, 2.24) is 9.62 Å². The highest BCUT2D eigenvalue weighted by Gasteiger charge is 2.25. The Hall–Kier alpha value is -3.93. The summed E-state index contributed by atoms with van der Waals surface area (Å²) in [6, 6.07) is 20.2. The summed E-state index contributed by atoms with van der Waals surface area (Å²) < 4.78 is 26.8. The molecule has 0 saturated heterocycles. The number of carbonyl (C=O) groups excluding carboxylic acids is 1. The Balaban J connectivity index is 1.41. The lowest BCUT2D eigenvalue weighted by Crippen LogP contribution is -2.34. The van der Waals surface area contributed by atoms with Gasteiger partial charge in [0.1, 0.15) is 0 Å². The first-order valence-corrected chi connectivity index (χ1v) is 16.6. The summed E-state index contributed by atoms with van der Waals surface area (Å²) in [6.07, 6.45) is 3.22. The van der Waals surface area contributed by atoms with Crippen LogP contribution in [0.25, 0.3) is 11.1 Å². The number of aryl methyl sites for hydroxylation is 1. The molecule has 0 aliphatic heterocycles. The smallest absolute Gasteiger partial charge is 0.407 e. The molecule has 11 heteroatoms. The predicted octanol–water partition coefficient (Wildman–Crippen LogP) is 4.68. The largest absolute Gasteiger partial charge is 0.465 e. The van der Waals surface area contributed by atoms with Crippen LogP contribution in [0.1, 0.15) is 77.6 Å². The molecule has 2 amide bonds. The minimum atomic E-state index is -3.85. The van der Waals surface area contributed by atoms with Gasteiger partial charge in [-0.05, 0) is 84.0 Å². The molecule has 44 heavy (non-hydrogen) atoms. The average Bonchev–Trinajstić information content (AvgIpc) is 3.55. The van der Waals surface area contributed by atoms with E-state index in [9.17, 15) is 28.2 Å². The van der Waals surface area contributed by atoms with E-state index in [1.165, 1.54) is 4.90 Å². The Bertz CT molecular complexity index is 1520. The minimum absolute atomic E-state index is 0.0376. The Kier molecular flexibility index (Phi) is 11.4. The van der Waals surface area contributed by atoms with Gasteiger partial charge < -0.3 is 26.0 Å². The summed E-state index contributed by atoms with van der Waals surface area (Å²) in [7, 11) is -3.85. The Labute approximate surface area is 258 Å². The van der Waals surface area contributed by atoms with E-state index in [0.717, 1.165) is 47.9 Å². The third-order valence-electron chi connectivity index (χ3n) is 8.08. The SMILES string of the molecule is Nc1ccc([C@H](O)CN(CCCc2ccc(-c3ccc(C(=O)NS(=O)(=O)CCCO)c(C4CCCC4)c3)cc2)C(=O)O)cc1. The maximum atomic E-state index is 13.0. The van der Waals surface area contributed by atoms with Crippen molar-refractivity contribution in [3.05, 3.63) is 89.0 Å². The molecule has 0 heterocycles. The lowest BCUT2D eigenvalue weighted by atomic mass is 9.89. The maximum Gasteiger partial charge on any atom is 0.407 e. The zero-order valence-electron chi connectivity index (χ0n) is 24.7. The Morgan fingerprint density at radius 2 is 1.61 bits per heavy atom. The fourth-order valence-corrected chi connectivity index (χ4v) is 6.66. The molecule has 0 unspecified atom stereocenters. The standard InChI is InChI=1S/C33H41N3O7S/c34-28-15-12-26(13-16-28)31(38)22-36(33(40)41)18-3-5-23-8-10-24(11-9-23)27-14-17-29(30(21-27)25-6-1-2-7-25)32(39)35-44(42,43)20-4-19-37/h8-17,21,25,31,37-38H,1-7,18-20,22,34H2,(H,35,39)(H,40,41)/t31-/m1/s1. The molecule has 6 N–H and O–H groups in total. The van der Waals surface area contributed by atoms with E-state index >= 15 is 0 Å². The highest BCUT2D eigenvalue weighted by molar-refractivity contribution is 7.90. The number of amides is 2. The molecule has 4 rings (SSSR count). The number of carboxylic acid groups (broad SMARTS) is 1. The van der Waals surface area contributed by atoms with Crippen LogP contribution in [0, 0.1) is 0 Å². The van der Waals surface area contributed by atoms with Gasteiger partial charge in [0.05, 0.1) is 18.4 Å². The van der Waals surface area contributed by atoms with Crippen molar-refractivity contribution in [2.24, 2.45) is 0 Å². The third kappa shape index (κ3) is 9.04. The molecule has 10 nitrogen and oxygen atoms in total. The lowest BCUT2D eigenvalue weighted by Gasteiger charge is -2.22. The van der Waals surface area contributed by atoms with Crippen LogP contribution < -0.4 is 10.5 Å². The second kappa shape index (κ2) is 15.2. The highest BCUT2D eigenvalue weighted by Crippen LogP contribution is 2.38. The molecule has 1 aliphatic rings. The maximum absolute atomic E-state index is 13.0. The minimum Gasteiger partial charge on any atom is -0.465 e. The van der Waals surface area contributed by atoms with Crippen molar-refractivity contribution >= 4 is 27.7 Å². The number of nitrogen functional groups attached to an aromatic ring is 1. The van der Waals surface area contributed by atoms with Crippen LogP contribution in [-0.2, 0) is 16.4 Å². The van der Waals surface area contributed by atoms with Crippen LogP contribution in [0.3, 0.4) is 0 Å². The van der Waals surface area contributed by atoms with E-state index in [2.05, 4.69) is 4.72 Å². The topological polar surface area (TPSA) is 170 Å². The van der Waals surface area contributed by atoms with Crippen LogP contribution in [0.4, 0.5) is 10.5 Å². The quantitative estimate of drug-likeness (QED) is 0.161. The molecular formula is C33H41N3O7S. The van der Waals surface area contributed by atoms with Crippen LogP contribution >= 0.6 is 0 Å².